The number of nitrogens with one attached hydrogen (secondary N) is 1. The predicted molar refractivity (Wildman–Crippen MR) is 114 cm³/mol. The van der Waals surface area contributed by atoms with Crippen LogP contribution in [0.1, 0.15) is 65.0 Å². The van der Waals surface area contributed by atoms with Crippen molar-refractivity contribution in [1.29, 1.82) is 0 Å². The van der Waals surface area contributed by atoms with Gasteiger partial charge in [-0.15, -0.1) is 0 Å². The Morgan fingerprint density at radius 1 is 1.03 bits per heavy atom. The van der Waals surface area contributed by atoms with E-state index >= 15 is 0 Å². The molecule has 0 radical (unpaired) electrons. The molecule has 1 atom stereocenters. The molecular formula is C23H36N4O2. The Morgan fingerprint density at radius 2 is 1.62 bits per heavy atom. The van der Waals surface area contributed by atoms with Crippen LogP contribution in [0.15, 0.2) is 24.5 Å². The standard InChI is InChI=1S/C23H36N4O2/c1-17(18-5-11-24-12-6-18)26-13-7-19(8-14-26)21(28)27-15-9-20(10-16-27)25-22(29)23(2,3)4/h5-6,11-12,17,19-20H,7-10,13-16H2,1-4H3,(H,25,29). The summed E-state index contributed by atoms with van der Waals surface area (Å²) in [5.74, 6) is 0.538. The average Bonchev–Trinajstić information content (AvgIpc) is 2.73. The molecule has 1 aromatic heterocycles. The average molecular weight is 401 g/mol. The number of hydrogen-bond donors (Lipinski definition) is 1. The summed E-state index contributed by atoms with van der Waals surface area (Å²) in [5.41, 5.74) is 0.915. The van der Waals surface area contributed by atoms with Crippen LogP contribution in [-0.2, 0) is 9.59 Å². The van der Waals surface area contributed by atoms with E-state index in [0.29, 0.717) is 11.9 Å². The van der Waals surface area contributed by atoms with Gasteiger partial charge >= 0.3 is 0 Å². The highest BCUT2D eigenvalue weighted by atomic mass is 16.2. The molecule has 0 saturated carbocycles. The maximum Gasteiger partial charge on any atom is 0.225 e. The molecule has 29 heavy (non-hydrogen) atoms. The van der Waals surface area contributed by atoms with E-state index in [-0.39, 0.29) is 23.3 Å². The highest BCUT2D eigenvalue weighted by Crippen LogP contribution is 2.28. The lowest BCUT2D eigenvalue weighted by atomic mass is 9.91. The second-order valence-corrected chi connectivity index (χ2v) is 9.59. The molecule has 0 spiro atoms. The van der Waals surface area contributed by atoms with E-state index in [1.165, 1.54) is 5.56 Å². The summed E-state index contributed by atoms with van der Waals surface area (Å²) < 4.78 is 0. The van der Waals surface area contributed by atoms with Crippen LogP contribution >= 0.6 is 0 Å². The van der Waals surface area contributed by atoms with Gasteiger partial charge in [0.15, 0.2) is 0 Å². The summed E-state index contributed by atoms with van der Waals surface area (Å²) in [6, 6.07) is 4.69. The van der Waals surface area contributed by atoms with Gasteiger partial charge in [-0.25, -0.2) is 0 Å². The number of carbonyl (C=O) groups excluding carboxylic acids is 2. The molecule has 1 unspecified atom stereocenters. The molecule has 1 aromatic rings. The van der Waals surface area contributed by atoms with Crippen LogP contribution in [0.25, 0.3) is 0 Å². The van der Waals surface area contributed by atoms with Gasteiger partial charge in [0.1, 0.15) is 0 Å². The van der Waals surface area contributed by atoms with E-state index in [9.17, 15) is 9.59 Å². The van der Waals surface area contributed by atoms with Crippen molar-refractivity contribution in [3.8, 4) is 0 Å². The van der Waals surface area contributed by atoms with Gasteiger partial charge in [0, 0.05) is 48.9 Å². The van der Waals surface area contributed by atoms with Gasteiger partial charge in [0.05, 0.1) is 0 Å². The number of likely N-dealkylation sites (tertiary alicyclic amines) is 2. The second kappa shape index (κ2) is 9.24. The van der Waals surface area contributed by atoms with Crippen LogP contribution in [0.4, 0.5) is 0 Å². The van der Waals surface area contributed by atoms with Gasteiger partial charge in [0.25, 0.3) is 0 Å². The molecule has 2 fully saturated rings. The molecule has 3 heterocycles. The van der Waals surface area contributed by atoms with E-state index in [2.05, 4.69) is 34.3 Å². The van der Waals surface area contributed by atoms with Gasteiger partial charge in [0.2, 0.25) is 11.8 Å². The molecule has 6 nitrogen and oxygen atoms in total. The molecule has 0 bridgehead atoms. The topological polar surface area (TPSA) is 65.5 Å². The highest BCUT2D eigenvalue weighted by molar-refractivity contribution is 5.82. The largest absolute Gasteiger partial charge is 0.353 e. The Labute approximate surface area is 175 Å². The number of carbonyl (C=O) groups is 2. The van der Waals surface area contributed by atoms with Crippen molar-refractivity contribution in [1.82, 2.24) is 20.1 Å². The summed E-state index contributed by atoms with van der Waals surface area (Å²) >= 11 is 0. The number of hydrogen-bond acceptors (Lipinski definition) is 4. The third kappa shape index (κ3) is 5.56. The fourth-order valence-electron chi connectivity index (χ4n) is 4.29. The van der Waals surface area contributed by atoms with Crippen molar-refractivity contribution in [2.24, 2.45) is 11.3 Å². The molecule has 2 amide bonds. The Bertz CT molecular complexity index is 685. The van der Waals surface area contributed by atoms with Crippen molar-refractivity contribution in [3.63, 3.8) is 0 Å². The van der Waals surface area contributed by atoms with E-state index in [1.807, 2.05) is 38.1 Å². The summed E-state index contributed by atoms with van der Waals surface area (Å²) in [4.78, 5) is 33.8. The highest BCUT2D eigenvalue weighted by Gasteiger charge is 2.33. The number of piperidine rings is 2. The van der Waals surface area contributed by atoms with E-state index < -0.39 is 0 Å². The first kappa shape index (κ1) is 21.8. The first-order valence-electron chi connectivity index (χ1n) is 11.0. The van der Waals surface area contributed by atoms with Crippen LogP contribution in [0, 0.1) is 11.3 Å². The summed E-state index contributed by atoms with van der Waals surface area (Å²) in [7, 11) is 0. The summed E-state index contributed by atoms with van der Waals surface area (Å²) in [6.45, 7) is 11.4. The molecule has 160 valence electrons. The summed E-state index contributed by atoms with van der Waals surface area (Å²) in [5, 5.41) is 3.14. The Kier molecular flexibility index (Phi) is 6.93. The number of amides is 2. The lowest BCUT2D eigenvalue weighted by Gasteiger charge is -2.39. The van der Waals surface area contributed by atoms with Crippen molar-refractivity contribution in [2.45, 2.75) is 65.5 Å². The molecule has 0 aromatic carbocycles. The van der Waals surface area contributed by atoms with Gasteiger partial charge in [-0.05, 0) is 63.4 Å². The zero-order chi connectivity index (χ0) is 21.0. The number of nitrogens with zero attached hydrogens (tertiary/aromatic N) is 3. The second-order valence-electron chi connectivity index (χ2n) is 9.59. The predicted octanol–water partition coefficient (Wildman–Crippen LogP) is 3.01. The first-order chi connectivity index (χ1) is 13.8. The molecular weight excluding hydrogens is 364 g/mol. The van der Waals surface area contributed by atoms with Crippen molar-refractivity contribution < 1.29 is 9.59 Å². The van der Waals surface area contributed by atoms with Gasteiger partial charge < -0.3 is 10.2 Å². The zero-order valence-corrected chi connectivity index (χ0v) is 18.4. The lowest BCUT2D eigenvalue weighted by Crippen LogP contribution is -2.51. The minimum absolute atomic E-state index is 0.0953. The summed E-state index contributed by atoms with van der Waals surface area (Å²) in [6.07, 6.45) is 7.24. The van der Waals surface area contributed by atoms with Crippen LogP contribution in [0.2, 0.25) is 0 Å². The quantitative estimate of drug-likeness (QED) is 0.844. The van der Waals surface area contributed by atoms with Crippen molar-refractivity contribution in [2.75, 3.05) is 26.2 Å². The van der Waals surface area contributed by atoms with Crippen molar-refractivity contribution >= 4 is 11.8 Å². The minimum Gasteiger partial charge on any atom is -0.353 e. The minimum atomic E-state index is -0.367. The smallest absolute Gasteiger partial charge is 0.225 e. The zero-order valence-electron chi connectivity index (χ0n) is 18.4. The molecule has 2 aliphatic rings. The van der Waals surface area contributed by atoms with Crippen LogP contribution in [-0.4, -0.2) is 58.8 Å². The Hall–Kier alpha value is -1.95. The monoisotopic (exact) mass is 400 g/mol. The van der Waals surface area contributed by atoms with E-state index in [0.717, 1.165) is 51.9 Å². The first-order valence-corrected chi connectivity index (χ1v) is 11.0. The van der Waals surface area contributed by atoms with Crippen LogP contribution in [0.3, 0.4) is 0 Å². The van der Waals surface area contributed by atoms with E-state index in [1.54, 1.807) is 0 Å². The van der Waals surface area contributed by atoms with Gasteiger partial charge in [-0.3, -0.25) is 19.5 Å². The Balaban J connectivity index is 1.44. The number of rotatable bonds is 4. The normalized spacial score (nSPS) is 21.0. The van der Waals surface area contributed by atoms with E-state index in [4.69, 9.17) is 0 Å². The third-order valence-corrected chi connectivity index (χ3v) is 6.44. The van der Waals surface area contributed by atoms with Gasteiger partial charge in [-0.2, -0.15) is 0 Å². The molecule has 3 rings (SSSR count). The van der Waals surface area contributed by atoms with Crippen LogP contribution < -0.4 is 5.32 Å². The molecule has 6 heteroatoms. The SMILES string of the molecule is CC(c1ccncc1)N1CCC(C(=O)N2CCC(NC(=O)C(C)(C)C)CC2)CC1. The molecule has 0 aliphatic carbocycles. The molecule has 1 N–H and O–H groups in total. The van der Waals surface area contributed by atoms with Crippen molar-refractivity contribution in [3.05, 3.63) is 30.1 Å². The fraction of sp³-hybridized carbons (Fsp3) is 0.696. The Morgan fingerprint density at radius 3 is 2.17 bits per heavy atom. The number of aromatic nitrogens is 1. The maximum absolute atomic E-state index is 13.0. The maximum atomic E-state index is 13.0. The van der Waals surface area contributed by atoms with Gasteiger partial charge in [-0.1, -0.05) is 20.8 Å². The lowest BCUT2D eigenvalue weighted by molar-refractivity contribution is -0.138. The molecule has 2 saturated heterocycles. The van der Waals surface area contributed by atoms with Crippen LogP contribution in [0.5, 0.6) is 0 Å². The third-order valence-electron chi connectivity index (χ3n) is 6.44. The number of pyridine rings is 1. The molecule has 2 aliphatic heterocycles. The fourth-order valence-corrected chi connectivity index (χ4v) is 4.29.